The maximum Gasteiger partial charge on any atom is 0.333 e. The Morgan fingerprint density at radius 2 is 2.12 bits per heavy atom. The molecule has 3 N–H and O–H groups in total. The molecule has 0 bridgehead atoms. The Hall–Kier alpha value is -2.39. The molecular weight excluding hydrogens is 318 g/mol. The van der Waals surface area contributed by atoms with E-state index in [1.54, 1.807) is 7.11 Å². The molecule has 24 heavy (non-hydrogen) atoms. The van der Waals surface area contributed by atoms with E-state index < -0.39 is 11.5 Å². The predicted octanol–water partition coefficient (Wildman–Crippen LogP) is 0.0221. The number of hydrogen-bond acceptors (Lipinski definition) is 8. The second-order valence-corrected chi connectivity index (χ2v) is 5.35. The molecule has 0 saturated carbocycles. The monoisotopic (exact) mass is 339 g/mol. The summed E-state index contributed by atoms with van der Waals surface area (Å²) in [6, 6.07) is 1.51. The van der Waals surface area contributed by atoms with E-state index in [0.29, 0.717) is 19.8 Å². The van der Waals surface area contributed by atoms with Crippen LogP contribution in [0.25, 0.3) is 0 Å². The number of pyridine rings is 1. The number of carboxylic acid groups (broad SMARTS) is 1. The van der Waals surface area contributed by atoms with Crippen molar-refractivity contribution in [1.29, 1.82) is 0 Å². The lowest BCUT2D eigenvalue weighted by Gasteiger charge is -2.11. The van der Waals surface area contributed by atoms with Gasteiger partial charge < -0.3 is 29.7 Å². The molecule has 9 nitrogen and oxygen atoms in total. The number of aromatic hydroxyl groups is 1. The number of carbonyl (C=O) groups is 1. The number of carboxylic acids is 1. The molecule has 1 atom stereocenters. The zero-order valence-corrected chi connectivity index (χ0v) is 13.6. The molecule has 1 unspecified atom stereocenters. The highest BCUT2D eigenvalue weighted by Gasteiger charge is 2.38. The average Bonchev–Trinajstić information content (AvgIpc) is 2.96. The van der Waals surface area contributed by atoms with E-state index in [2.05, 4.69) is 15.3 Å². The van der Waals surface area contributed by atoms with Crippen LogP contribution < -0.4 is 10.1 Å². The van der Waals surface area contributed by atoms with Crippen LogP contribution in [0.2, 0.25) is 0 Å². The van der Waals surface area contributed by atoms with Gasteiger partial charge in [0.05, 0.1) is 26.4 Å². The quantitative estimate of drug-likeness (QED) is 0.538. The molecule has 132 valence electrons. The second kappa shape index (κ2) is 7.93. The predicted molar refractivity (Wildman–Crippen MR) is 84.7 cm³/mol. The third kappa shape index (κ3) is 4.12. The summed E-state index contributed by atoms with van der Waals surface area (Å²) in [5, 5.41) is 22.3. The highest BCUT2D eigenvalue weighted by molar-refractivity contribution is 6.03. The van der Waals surface area contributed by atoms with Gasteiger partial charge in [-0.3, -0.25) is 0 Å². The molecule has 0 saturated heterocycles. The number of methoxy groups -OCH3 is 1. The molecule has 2 heterocycles. The van der Waals surface area contributed by atoms with Crippen molar-refractivity contribution in [3.8, 4) is 11.5 Å². The van der Waals surface area contributed by atoms with E-state index in [4.69, 9.17) is 14.2 Å². The van der Waals surface area contributed by atoms with Gasteiger partial charge in [-0.05, 0) is 6.92 Å². The molecule has 9 heteroatoms. The Morgan fingerprint density at radius 3 is 2.79 bits per heavy atom. The first-order valence-corrected chi connectivity index (χ1v) is 7.43. The summed E-state index contributed by atoms with van der Waals surface area (Å²) in [5.74, 6) is -0.802. The minimum absolute atomic E-state index is 0.122. The first-order chi connectivity index (χ1) is 11.5. The number of nitrogens with one attached hydrogen (secondary N) is 1. The van der Waals surface area contributed by atoms with E-state index in [0.717, 1.165) is 0 Å². The zero-order chi connectivity index (χ0) is 17.6. The van der Waals surface area contributed by atoms with Gasteiger partial charge in [-0.1, -0.05) is 0 Å². The van der Waals surface area contributed by atoms with Gasteiger partial charge in [-0.25, -0.2) is 14.8 Å². The van der Waals surface area contributed by atoms with Gasteiger partial charge in [0.25, 0.3) is 0 Å². The van der Waals surface area contributed by atoms with Gasteiger partial charge in [-0.15, -0.1) is 0 Å². The number of ether oxygens (including phenoxy) is 3. The van der Waals surface area contributed by atoms with Crippen LogP contribution in [-0.4, -0.2) is 72.6 Å². The van der Waals surface area contributed by atoms with Crippen LogP contribution in [0.4, 0.5) is 0 Å². The Kier molecular flexibility index (Phi) is 5.93. The first kappa shape index (κ1) is 18.0. The van der Waals surface area contributed by atoms with E-state index in [1.807, 2.05) is 0 Å². The van der Waals surface area contributed by atoms with Gasteiger partial charge in [-0.2, -0.15) is 0 Å². The van der Waals surface area contributed by atoms with Crippen LogP contribution >= 0.6 is 0 Å². The van der Waals surface area contributed by atoms with Crippen molar-refractivity contribution in [2.75, 3.05) is 40.1 Å². The molecule has 0 aliphatic carbocycles. The third-order valence-electron chi connectivity index (χ3n) is 3.45. The molecule has 0 radical (unpaired) electrons. The summed E-state index contributed by atoms with van der Waals surface area (Å²) >= 11 is 0. The molecule has 1 aliphatic rings. The number of hydrogen-bond donors (Lipinski definition) is 3. The third-order valence-corrected chi connectivity index (χ3v) is 3.45. The highest BCUT2D eigenvalue weighted by atomic mass is 16.5. The fraction of sp³-hybridized carbons (Fsp3) is 0.533. The van der Waals surface area contributed by atoms with Gasteiger partial charge in [0, 0.05) is 19.4 Å². The summed E-state index contributed by atoms with van der Waals surface area (Å²) in [5.41, 5.74) is -1.13. The summed E-state index contributed by atoms with van der Waals surface area (Å²) in [6.45, 7) is 3.16. The molecule has 0 amide bonds. The van der Waals surface area contributed by atoms with E-state index in [-0.39, 0.29) is 36.2 Å². The van der Waals surface area contributed by atoms with Crippen molar-refractivity contribution in [2.45, 2.75) is 12.5 Å². The van der Waals surface area contributed by atoms with Gasteiger partial charge in [0.15, 0.2) is 28.6 Å². The Balaban J connectivity index is 2.02. The van der Waals surface area contributed by atoms with Crippen LogP contribution in [0.1, 0.15) is 12.6 Å². The Bertz CT molecular complexity index is 621. The molecule has 0 aromatic carbocycles. The van der Waals surface area contributed by atoms with E-state index in [9.17, 15) is 15.0 Å². The molecule has 1 aromatic heterocycles. The van der Waals surface area contributed by atoms with Crippen molar-refractivity contribution < 1.29 is 29.2 Å². The van der Waals surface area contributed by atoms with Crippen molar-refractivity contribution in [1.82, 2.24) is 10.3 Å². The van der Waals surface area contributed by atoms with Crippen molar-refractivity contribution in [3.63, 3.8) is 0 Å². The normalized spacial score (nSPS) is 19.7. The molecule has 1 aliphatic heterocycles. The Morgan fingerprint density at radius 1 is 1.38 bits per heavy atom. The standard InChI is InChI=1S/C15H21N3O6/c1-15(14(20)21)9-17-13(18-15)11-12(19)10(3-4-16-11)24-8-7-23-6-5-22-2/h3-4,19H,5-9H2,1-2H3,(H,17,18)(H,20,21). The van der Waals surface area contributed by atoms with Gasteiger partial charge in [0.1, 0.15) is 6.61 Å². The number of aliphatic imine (C=N–C) groups is 1. The molecule has 1 aromatic rings. The molecule has 0 fully saturated rings. The maximum absolute atomic E-state index is 11.2. The van der Waals surface area contributed by atoms with Crippen LogP contribution in [0, 0.1) is 0 Å². The topological polar surface area (TPSA) is 122 Å². The number of aliphatic carboxylic acids is 1. The van der Waals surface area contributed by atoms with Crippen LogP contribution in [-0.2, 0) is 14.3 Å². The number of nitrogens with zero attached hydrogens (tertiary/aromatic N) is 2. The lowest BCUT2D eigenvalue weighted by atomic mass is 10.1. The van der Waals surface area contributed by atoms with E-state index >= 15 is 0 Å². The smallest absolute Gasteiger partial charge is 0.333 e. The van der Waals surface area contributed by atoms with Gasteiger partial charge >= 0.3 is 5.97 Å². The minimum Gasteiger partial charge on any atom is -0.503 e. The summed E-state index contributed by atoms with van der Waals surface area (Å²) in [4.78, 5) is 19.4. The summed E-state index contributed by atoms with van der Waals surface area (Å²) < 4.78 is 15.6. The second-order valence-electron chi connectivity index (χ2n) is 5.35. The molecule has 0 spiro atoms. The Labute approximate surface area is 139 Å². The fourth-order valence-electron chi connectivity index (χ4n) is 2.02. The number of amidine groups is 1. The molecular formula is C15H21N3O6. The van der Waals surface area contributed by atoms with Crippen molar-refractivity contribution in [2.24, 2.45) is 4.99 Å². The van der Waals surface area contributed by atoms with Crippen LogP contribution in [0.15, 0.2) is 17.3 Å². The zero-order valence-electron chi connectivity index (χ0n) is 13.6. The average molecular weight is 339 g/mol. The van der Waals surface area contributed by atoms with Gasteiger partial charge in [0.2, 0.25) is 0 Å². The van der Waals surface area contributed by atoms with E-state index in [1.165, 1.54) is 19.2 Å². The van der Waals surface area contributed by atoms with Crippen LogP contribution in [0.5, 0.6) is 11.5 Å². The SMILES string of the molecule is COCCOCCOc1ccnc(C2=NC(C)(C(=O)O)CN2)c1O. The largest absolute Gasteiger partial charge is 0.503 e. The number of rotatable bonds is 9. The minimum atomic E-state index is -1.28. The summed E-state index contributed by atoms with van der Waals surface area (Å²) in [7, 11) is 1.59. The van der Waals surface area contributed by atoms with Crippen molar-refractivity contribution in [3.05, 3.63) is 18.0 Å². The lowest BCUT2D eigenvalue weighted by Crippen LogP contribution is -2.37. The maximum atomic E-state index is 11.2. The highest BCUT2D eigenvalue weighted by Crippen LogP contribution is 2.30. The fourth-order valence-corrected chi connectivity index (χ4v) is 2.02. The molecule has 2 rings (SSSR count). The first-order valence-electron chi connectivity index (χ1n) is 7.43. The van der Waals surface area contributed by atoms with Crippen molar-refractivity contribution >= 4 is 11.8 Å². The summed E-state index contributed by atoms with van der Waals surface area (Å²) in [6.07, 6.45) is 1.46. The number of aromatic nitrogens is 1. The van der Waals surface area contributed by atoms with Crippen LogP contribution in [0.3, 0.4) is 0 Å². The lowest BCUT2D eigenvalue weighted by molar-refractivity contribution is -0.141.